The molecule has 1 N–H and O–H groups in total. The number of hydrogen-bond acceptors (Lipinski definition) is 2. The molecule has 88 valence electrons. The van der Waals surface area contributed by atoms with Crippen LogP contribution in [0.1, 0.15) is 0 Å². The monoisotopic (exact) mass is 251 g/mol. The highest BCUT2D eigenvalue weighted by atomic mass is 32.1. The van der Waals surface area contributed by atoms with Crippen LogP contribution in [0.2, 0.25) is 0 Å². The van der Waals surface area contributed by atoms with Crippen LogP contribution in [-0.2, 0) is 0 Å². The van der Waals surface area contributed by atoms with Crippen molar-refractivity contribution in [1.82, 2.24) is 0 Å². The van der Waals surface area contributed by atoms with Gasteiger partial charge in [0.1, 0.15) is 0 Å². The number of para-hydroxylation sites is 1. The van der Waals surface area contributed by atoms with Crippen LogP contribution < -0.4 is 5.32 Å². The second-order valence-electron chi connectivity index (χ2n) is 4.05. The van der Waals surface area contributed by atoms with Crippen LogP contribution in [0.5, 0.6) is 0 Å². The number of anilines is 2. The van der Waals surface area contributed by atoms with Crippen LogP contribution >= 0.6 is 11.3 Å². The summed E-state index contributed by atoms with van der Waals surface area (Å²) in [6.07, 6.45) is 0. The molecule has 0 aliphatic carbocycles. The summed E-state index contributed by atoms with van der Waals surface area (Å²) in [6, 6.07) is 20.9. The molecule has 2 aromatic carbocycles. The molecule has 0 saturated carbocycles. The fourth-order valence-corrected chi connectivity index (χ4v) is 2.54. The molecule has 3 rings (SSSR count). The van der Waals surface area contributed by atoms with Gasteiger partial charge in [0.05, 0.1) is 0 Å². The van der Waals surface area contributed by atoms with Gasteiger partial charge < -0.3 is 5.32 Å². The molecule has 0 unspecified atom stereocenters. The highest BCUT2D eigenvalue weighted by Gasteiger charge is 2.04. The van der Waals surface area contributed by atoms with Crippen LogP contribution in [0.4, 0.5) is 11.4 Å². The highest BCUT2D eigenvalue weighted by Crippen LogP contribution is 2.30. The fourth-order valence-electron chi connectivity index (χ4n) is 1.95. The van der Waals surface area contributed by atoms with Gasteiger partial charge in [0.15, 0.2) is 0 Å². The lowest BCUT2D eigenvalue weighted by atomic mass is 10.0. The van der Waals surface area contributed by atoms with Crippen molar-refractivity contribution in [1.29, 1.82) is 0 Å². The van der Waals surface area contributed by atoms with Gasteiger partial charge >= 0.3 is 0 Å². The molecule has 2 heteroatoms. The lowest BCUT2D eigenvalue weighted by Gasteiger charge is -2.10. The summed E-state index contributed by atoms with van der Waals surface area (Å²) in [6.45, 7) is 0. The van der Waals surface area contributed by atoms with E-state index >= 15 is 0 Å². The Hall–Kier alpha value is -2.06. The van der Waals surface area contributed by atoms with Gasteiger partial charge in [0.2, 0.25) is 0 Å². The van der Waals surface area contributed by atoms with E-state index in [1.54, 1.807) is 11.3 Å². The number of thiophene rings is 1. The van der Waals surface area contributed by atoms with E-state index < -0.39 is 0 Å². The van der Waals surface area contributed by atoms with Gasteiger partial charge in [-0.1, -0.05) is 48.5 Å². The van der Waals surface area contributed by atoms with Crippen LogP contribution in [0.25, 0.3) is 11.1 Å². The fraction of sp³-hybridized carbons (Fsp3) is 0. The maximum absolute atomic E-state index is 3.46. The zero-order valence-electron chi connectivity index (χ0n) is 9.84. The van der Waals surface area contributed by atoms with E-state index in [1.165, 1.54) is 11.1 Å². The molecule has 0 atom stereocenters. The van der Waals surface area contributed by atoms with Crippen LogP contribution in [-0.4, -0.2) is 0 Å². The predicted molar refractivity (Wildman–Crippen MR) is 79.5 cm³/mol. The molecule has 0 radical (unpaired) electrons. The van der Waals surface area contributed by atoms with Gasteiger partial charge in [-0.2, -0.15) is 11.3 Å². The third-order valence-electron chi connectivity index (χ3n) is 2.81. The zero-order chi connectivity index (χ0) is 12.2. The first-order valence-electron chi connectivity index (χ1n) is 5.87. The summed E-state index contributed by atoms with van der Waals surface area (Å²) in [4.78, 5) is 0. The number of rotatable bonds is 3. The van der Waals surface area contributed by atoms with E-state index in [0.717, 1.165) is 11.4 Å². The Morgan fingerprint density at radius 3 is 2.33 bits per heavy atom. The Kier molecular flexibility index (Phi) is 3.11. The van der Waals surface area contributed by atoms with E-state index in [4.69, 9.17) is 0 Å². The van der Waals surface area contributed by atoms with Crippen molar-refractivity contribution in [3.05, 3.63) is 71.4 Å². The third-order valence-corrected chi connectivity index (χ3v) is 3.50. The largest absolute Gasteiger partial charge is 0.354 e. The van der Waals surface area contributed by atoms with Gasteiger partial charge in [0.25, 0.3) is 0 Å². The van der Waals surface area contributed by atoms with E-state index in [-0.39, 0.29) is 0 Å². The SMILES string of the molecule is c1ccc(-c2ccccc2Nc2ccsc2)cc1. The van der Waals surface area contributed by atoms with Crippen molar-refractivity contribution >= 4 is 22.7 Å². The van der Waals surface area contributed by atoms with Gasteiger partial charge in [-0.3, -0.25) is 0 Å². The first-order valence-corrected chi connectivity index (χ1v) is 6.81. The Bertz CT molecular complexity index is 615. The lowest BCUT2D eigenvalue weighted by Crippen LogP contribution is -1.91. The maximum Gasteiger partial charge on any atom is 0.0493 e. The van der Waals surface area contributed by atoms with Crippen LogP contribution in [0.15, 0.2) is 71.4 Å². The minimum absolute atomic E-state index is 1.14. The van der Waals surface area contributed by atoms with Crippen molar-refractivity contribution < 1.29 is 0 Å². The molecule has 18 heavy (non-hydrogen) atoms. The van der Waals surface area contributed by atoms with Crippen molar-refractivity contribution in [2.75, 3.05) is 5.32 Å². The van der Waals surface area contributed by atoms with Gasteiger partial charge in [-0.05, 0) is 23.1 Å². The van der Waals surface area contributed by atoms with Crippen molar-refractivity contribution in [3.63, 3.8) is 0 Å². The number of hydrogen-bond donors (Lipinski definition) is 1. The van der Waals surface area contributed by atoms with Crippen molar-refractivity contribution in [2.45, 2.75) is 0 Å². The van der Waals surface area contributed by atoms with Gasteiger partial charge in [0, 0.05) is 22.3 Å². The summed E-state index contributed by atoms with van der Waals surface area (Å²) in [5.74, 6) is 0. The molecule has 0 spiro atoms. The van der Waals surface area contributed by atoms with E-state index in [1.807, 2.05) is 6.07 Å². The number of benzene rings is 2. The Balaban J connectivity index is 2.00. The average Bonchev–Trinajstić information content (AvgIpc) is 2.93. The molecule has 0 fully saturated rings. The molecule has 1 aromatic heterocycles. The van der Waals surface area contributed by atoms with Crippen LogP contribution in [0.3, 0.4) is 0 Å². The molecule has 0 aliphatic rings. The normalized spacial score (nSPS) is 10.2. The lowest BCUT2D eigenvalue weighted by molar-refractivity contribution is 1.56. The molecule has 0 saturated heterocycles. The molecule has 1 heterocycles. The minimum Gasteiger partial charge on any atom is -0.354 e. The first kappa shape index (κ1) is 11.1. The third kappa shape index (κ3) is 2.29. The predicted octanol–water partition coefficient (Wildman–Crippen LogP) is 5.16. The summed E-state index contributed by atoms with van der Waals surface area (Å²) in [7, 11) is 0. The van der Waals surface area contributed by atoms with Gasteiger partial charge in [-0.15, -0.1) is 0 Å². The zero-order valence-corrected chi connectivity index (χ0v) is 10.7. The first-order chi connectivity index (χ1) is 8.93. The summed E-state index contributed by atoms with van der Waals surface area (Å²) >= 11 is 1.70. The smallest absolute Gasteiger partial charge is 0.0493 e. The van der Waals surface area contributed by atoms with Crippen LogP contribution in [0, 0.1) is 0 Å². The second kappa shape index (κ2) is 5.07. The summed E-state index contributed by atoms with van der Waals surface area (Å²) < 4.78 is 0. The number of nitrogens with one attached hydrogen (secondary N) is 1. The molecule has 1 nitrogen and oxygen atoms in total. The molecule has 0 amide bonds. The molecule has 3 aromatic rings. The topological polar surface area (TPSA) is 12.0 Å². The van der Waals surface area contributed by atoms with Crippen molar-refractivity contribution in [2.24, 2.45) is 0 Å². The Morgan fingerprint density at radius 2 is 1.56 bits per heavy atom. The standard InChI is InChI=1S/C16H13NS/c1-2-6-13(7-3-1)15-8-4-5-9-16(15)17-14-10-11-18-12-14/h1-12,17H. The average molecular weight is 251 g/mol. The van der Waals surface area contributed by atoms with Crippen molar-refractivity contribution in [3.8, 4) is 11.1 Å². The van der Waals surface area contributed by atoms with Gasteiger partial charge in [-0.25, -0.2) is 0 Å². The minimum atomic E-state index is 1.14. The highest BCUT2D eigenvalue weighted by molar-refractivity contribution is 7.08. The summed E-state index contributed by atoms with van der Waals surface area (Å²) in [5, 5.41) is 7.65. The molecular weight excluding hydrogens is 238 g/mol. The quantitative estimate of drug-likeness (QED) is 0.678. The molecule has 0 aliphatic heterocycles. The maximum atomic E-state index is 3.46. The summed E-state index contributed by atoms with van der Waals surface area (Å²) in [5.41, 5.74) is 4.74. The molecule has 0 bridgehead atoms. The Labute approximate surface area is 111 Å². The Morgan fingerprint density at radius 1 is 0.778 bits per heavy atom. The van der Waals surface area contributed by atoms with E-state index in [0.29, 0.717) is 0 Å². The second-order valence-corrected chi connectivity index (χ2v) is 4.83. The van der Waals surface area contributed by atoms with E-state index in [9.17, 15) is 0 Å². The molecular formula is C16H13NS. The van der Waals surface area contributed by atoms with E-state index in [2.05, 4.69) is 70.7 Å².